The average Bonchev–Trinajstić information content (AvgIpc) is 2.68. The number of ether oxygens (including phenoxy) is 2. The first kappa shape index (κ1) is 17.2. The summed E-state index contributed by atoms with van der Waals surface area (Å²) in [6.07, 6.45) is 3.16. The fraction of sp³-hybridized carbons (Fsp3) is 0. The summed E-state index contributed by atoms with van der Waals surface area (Å²) in [5.41, 5.74) is 1.31. The van der Waals surface area contributed by atoms with Crippen LogP contribution in [0.1, 0.15) is 0 Å². The van der Waals surface area contributed by atoms with Gasteiger partial charge in [-0.25, -0.2) is 19.9 Å². The molecular formula is C18H10N6O2Pt. The van der Waals surface area contributed by atoms with Crippen LogP contribution >= 0.6 is 0 Å². The minimum atomic E-state index is 0. The summed E-state index contributed by atoms with van der Waals surface area (Å²) in [6, 6.07) is 14.1. The maximum Gasteiger partial charge on any atom is 0.224 e. The Labute approximate surface area is 168 Å². The topological polar surface area (TPSA) is 95.8 Å². The summed E-state index contributed by atoms with van der Waals surface area (Å²) in [4.78, 5) is 26.1. The maximum atomic E-state index is 5.77. The van der Waals surface area contributed by atoms with E-state index < -0.39 is 0 Å². The molecule has 0 N–H and O–H groups in total. The van der Waals surface area contributed by atoms with Gasteiger partial charge in [0.05, 0.1) is 11.4 Å². The molecule has 0 amide bonds. The predicted molar refractivity (Wildman–Crippen MR) is 90.7 cm³/mol. The van der Waals surface area contributed by atoms with Crippen LogP contribution in [-0.4, -0.2) is 29.9 Å². The van der Waals surface area contributed by atoms with E-state index in [0.717, 1.165) is 0 Å². The largest absolute Gasteiger partial charge is 0.421 e. The molecule has 0 aromatic carbocycles. The minimum absolute atomic E-state index is 0. The Morgan fingerprint density at radius 2 is 0.963 bits per heavy atom. The summed E-state index contributed by atoms with van der Waals surface area (Å²) >= 11 is 0. The Hall–Kier alpha value is -3.25. The van der Waals surface area contributed by atoms with Gasteiger partial charge in [-0.15, -0.1) is 0 Å². The normalized spacial score (nSPS) is 11.3. The van der Waals surface area contributed by atoms with Crippen LogP contribution in [0.15, 0.2) is 60.9 Å². The first-order valence-electron chi connectivity index (χ1n) is 7.80. The monoisotopic (exact) mass is 537 g/mol. The molecule has 5 rings (SSSR count). The van der Waals surface area contributed by atoms with Crippen molar-refractivity contribution < 1.29 is 30.5 Å². The van der Waals surface area contributed by atoms with Crippen LogP contribution in [0.4, 0.5) is 0 Å². The van der Waals surface area contributed by atoms with E-state index in [-0.39, 0.29) is 21.1 Å². The Kier molecular flexibility index (Phi) is 4.56. The number of pyridine rings is 2. The summed E-state index contributed by atoms with van der Waals surface area (Å²) in [6.45, 7) is 0. The summed E-state index contributed by atoms with van der Waals surface area (Å²) in [5.74, 6) is 2.12. The average molecular weight is 537 g/mol. The van der Waals surface area contributed by atoms with Gasteiger partial charge in [0.25, 0.3) is 0 Å². The van der Waals surface area contributed by atoms with Crippen molar-refractivity contribution in [1.29, 1.82) is 0 Å². The Morgan fingerprint density at radius 3 is 1.44 bits per heavy atom. The van der Waals surface area contributed by atoms with Gasteiger partial charge in [0, 0.05) is 57.7 Å². The van der Waals surface area contributed by atoms with Gasteiger partial charge in [-0.1, -0.05) is 12.1 Å². The molecule has 8 bridgehead atoms. The van der Waals surface area contributed by atoms with Gasteiger partial charge in [0.15, 0.2) is 0 Å². The molecule has 134 valence electrons. The van der Waals surface area contributed by atoms with Crippen LogP contribution in [0.5, 0.6) is 23.5 Å². The quantitative estimate of drug-likeness (QED) is 0.297. The van der Waals surface area contributed by atoms with Crippen molar-refractivity contribution in [3.63, 3.8) is 0 Å². The molecule has 4 aromatic heterocycles. The van der Waals surface area contributed by atoms with Gasteiger partial charge in [0.1, 0.15) is 0 Å². The van der Waals surface area contributed by atoms with E-state index in [4.69, 9.17) is 9.47 Å². The molecule has 4 aromatic rings. The van der Waals surface area contributed by atoms with E-state index in [1.165, 1.54) is 0 Å². The van der Waals surface area contributed by atoms with Gasteiger partial charge >= 0.3 is 0 Å². The third kappa shape index (κ3) is 3.52. The van der Waals surface area contributed by atoms with Gasteiger partial charge in [-0.2, -0.15) is 9.97 Å². The molecule has 9 heteroatoms. The molecule has 0 spiro atoms. The second-order valence-corrected chi connectivity index (χ2v) is 5.36. The van der Waals surface area contributed by atoms with Crippen LogP contribution in [0, 0.1) is 0 Å². The van der Waals surface area contributed by atoms with Crippen LogP contribution in [0.25, 0.3) is 23.0 Å². The Balaban J connectivity index is 0.00000180. The third-order valence-electron chi connectivity index (χ3n) is 3.59. The number of hydrogen-bond donors (Lipinski definition) is 0. The molecular weight excluding hydrogens is 527 g/mol. The second kappa shape index (κ2) is 7.17. The van der Waals surface area contributed by atoms with E-state index >= 15 is 0 Å². The van der Waals surface area contributed by atoms with E-state index in [0.29, 0.717) is 46.6 Å². The van der Waals surface area contributed by atoms with E-state index in [9.17, 15) is 0 Å². The zero-order chi connectivity index (χ0) is 17.3. The first-order valence-corrected chi connectivity index (χ1v) is 7.80. The summed E-state index contributed by atoms with van der Waals surface area (Å²) < 4.78 is 11.5. The van der Waals surface area contributed by atoms with E-state index in [2.05, 4.69) is 29.9 Å². The van der Waals surface area contributed by atoms with Crippen molar-refractivity contribution in [2.45, 2.75) is 0 Å². The van der Waals surface area contributed by atoms with Crippen molar-refractivity contribution in [3.05, 3.63) is 60.9 Å². The molecule has 0 saturated carbocycles. The molecule has 1 aliphatic heterocycles. The van der Waals surface area contributed by atoms with Gasteiger partial charge < -0.3 is 9.47 Å². The standard InChI is InChI=1S/C18H10N6O2.Pt/c1-3-11-12-4-2-6-14(22-12)26-16-8-10-20-18(24-16)17-19-9-7-15(23-17)25-13(5-1)21-11;/h1-10H;. The fourth-order valence-electron chi connectivity index (χ4n) is 2.46. The predicted octanol–water partition coefficient (Wildman–Crippen LogP) is 3.29. The number of fused-ring (bicyclic) bond motifs is 10. The molecule has 0 saturated heterocycles. The Morgan fingerprint density at radius 1 is 0.519 bits per heavy atom. The molecule has 0 radical (unpaired) electrons. The fourth-order valence-corrected chi connectivity index (χ4v) is 2.46. The van der Waals surface area contributed by atoms with Gasteiger partial charge in [-0.3, -0.25) is 0 Å². The number of rotatable bonds is 0. The van der Waals surface area contributed by atoms with Crippen molar-refractivity contribution in [1.82, 2.24) is 29.9 Å². The smallest absolute Gasteiger partial charge is 0.224 e. The molecule has 0 fully saturated rings. The van der Waals surface area contributed by atoms with Crippen molar-refractivity contribution in [2.24, 2.45) is 0 Å². The Bertz CT molecular complexity index is 948. The number of nitrogens with zero attached hydrogens (tertiary/aromatic N) is 6. The van der Waals surface area contributed by atoms with E-state index in [1.807, 2.05) is 24.3 Å². The SMILES string of the molecule is [Pt].c1cc2nc(c1)-c1cccc(n1)Oc1ccnc(n1)-c1nccc(n1)O2. The number of hydrogen-bond acceptors (Lipinski definition) is 8. The van der Waals surface area contributed by atoms with Crippen molar-refractivity contribution in [3.8, 4) is 46.6 Å². The molecule has 0 aliphatic carbocycles. The van der Waals surface area contributed by atoms with Crippen molar-refractivity contribution >= 4 is 0 Å². The van der Waals surface area contributed by atoms with Crippen LogP contribution in [0.2, 0.25) is 0 Å². The summed E-state index contributed by atoms with van der Waals surface area (Å²) in [7, 11) is 0. The molecule has 5 heterocycles. The minimum Gasteiger partial charge on any atom is -0.421 e. The molecule has 8 nitrogen and oxygen atoms in total. The molecule has 27 heavy (non-hydrogen) atoms. The zero-order valence-corrected chi connectivity index (χ0v) is 15.9. The second-order valence-electron chi connectivity index (χ2n) is 5.36. The molecule has 1 aliphatic rings. The molecule has 0 unspecified atom stereocenters. The maximum absolute atomic E-state index is 5.77. The van der Waals surface area contributed by atoms with E-state index in [1.54, 1.807) is 36.7 Å². The van der Waals surface area contributed by atoms with Crippen LogP contribution in [-0.2, 0) is 21.1 Å². The third-order valence-corrected chi connectivity index (χ3v) is 3.59. The zero-order valence-electron chi connectivity index (χ0n) is 13.6. The number of aromatic nitrogens is 6. The van der Waals surface area contributed by atoms with Gasteiger partial charge in [0.2, 0.25) is 35.2 Å². The van der Waals surface area contributed by atoms with Crippen molar-refractivity contribution in [2.75, 3.05) is 0 Å². The summed E-state index contributed by atoms with van der Waals surface area (Å²) in [5, 5.41) is 0. The molecule has 0 atom stereocenters. The van der Waals surface area contributed by atoms with Crippen LogP contribution < -0.4 is 9.47 Å². The first-order chi connectivity index (χ1) is 12.8. The van der Waals surface area contributed by atoms with Gasteiger partial charge in [-0.05, 0) is 12.1 Å². The van der Waals surface area contributed by atoms with Crippen LogP contribution in [0.3, 0.4) is 0 Å².